The number of ether oxygens (including phenoxy) is 2. The Balaban J connectivity index is 2.26. The Kier molecular flexibility index (Phi) is 8.47. The normalized spacial score (nSPS) is 10.8. The van der Waals surface area contributed by atoms with Gasteiger partial charge in [0.05, 0.1) is 6.61 Å². The van der Waals surface area contributed by atoms with Gasteiger partial charge in [0, 0.05) is 26.9 Å². The van der Waals surface area contributed by atoms with Crippen molar-refractivity contribution >= 4 is 0 Å². The van der Waals surface area contributed by atoms with Gasteiger partial charge in [-0.1, -0.05) is 31.2 Å². The molecule has 3 nitrogen and oxygen atoms in total. The molecule has 0 atom stereocenters. The topological polar surface area (TPSA) is 30.5 Å². The molecule has 0 spiro atoms. The lowest BCUT2D eigenvalue weighted by atomic mass is 10.1. The minimum atomic E-state index is 0.686. The maximum atomic E-state index is 5.60. The predicted molar refractivity (Wildman–Crippen MR) is 74.6 cm³/mol. The van der Waals surface area contributed by atoms with Crippen molar-refractivity contribution in [3.63, 3.8) is 0 Å². The van der Waals surface area contributed by atoms with Crippen LogP contribution in [0.4, 0.5) is 0 Å². The van der Waals surface area contributed by atoms with Gasteiger partial charge in [0.2, 0.25) is 0 Å². The van der Waals surface area contributed by atoms with Crippen LogP contribution in [0.1, 0.15) is 30.9 Å². The van der Waals surface area contributed by atoms with Crippen molar-refractivity contribution in [2.75, 3.05) is 26.9 Å². The molecule has 1 rings (SSSR count). The van der Waals surface area contributed by atoms with Gasteiger partial charge in [-0.3, -0.25) is 0 Å². The lowest BCUT2D eigenvalue weighted by Crippen LogP contribution is -2.13. The highest BCUT2D eigenvalue weighted by atomic mass is 16.5. The number of nitrogens with one attached hydrogen (secondary N) is 1. The Bertz CT molecular complexity index is 315. The van der Waals surface area contributed by atoms with Crippen LogP contribution in [0.2, 0.25) is 0 Å². The molecule has 0 aliphatic carbocycles. The van der Waals surface area contributed by atoms with E-state index in [4.69, 9.17) is 9.47 Å². The Morgan fingerprint density at radius 3 is 2.78 bits per heavy atom. The van der Waals surface area contributed by atoms with E-state index in [9.17, 15) is 0 Å². The van der Waals surface area contributed by atoms with Crippen molar-refractivity contribution in [1.82, 2.24) is 5.32 Å². The van der Waals surface area contributed by atoms with Crippen LogP contribution in [0, 0.1) is 0 Å². The second kappa shape index (κ2) is 10.1. The fourth-order valence-corrected chi connectivity index (χ4v) is 1.73. The summed E-state index contributed by atoms with van der Waals surface area (Å²) in [5.41, 5.74) is 2.56. The first kappa shape index (κ1) is 15.2. The number of methoxy groups -OCH3 is 1. The van der Waals surface area contributed by atoms with Gasteiger partial charge in [0.25, 0.3) is 0 Å². The third-order valence-corrected chi connectivity index (χ3v) is 2.65. The minimum absolute atomic E-state index is 0.686. The summed E-state index contributed by atoms with van der Waals surface area (Å²) in [6, 6.07) is 8.56. The van der Waals surface area contributed by atoms with E-state index in [1.807, 2.05) is 0 Å². The standard InChI is InChI=1S/C15H25NO2/c1-3-8-16-12-14-6-4-7-15(11-14)13-18-10-5-9-17-2/h4,6-7,11,16H,3,5,8-10,12-13H2,1-2H3. The van der Waals surface area contributed by atoms with Gasteiger partial charge in [0.1, 0.15) is 0 Å². The lowest BCUT2D eigenvalue weighted by molar-refractivity contribution is 0.0928. The average Bonchev–Trinajstić information content (AvgIpc) is 2.39. The van der Waals surface area contributed by atoms with Gasteiger partial charge in [-0.2, -0.15) is 0 Å². The smallest absolute Gasteiger partial charge is 0.0716 e. The summed E-state index contributed by atoms with van der Waals surface area (Å²) < 4.78 is 10.6. The summed E-state index contributed by atoms with van der Waals surface area (Å²) >= 11 is 0. The molecule has 0 bridgehead atoms. The Labute approximate surface area is 110 Å². The molecule has 0 aliphatic rings. The molecule has 3 heteroatoms. The van der Waals surface area contributed by atoms with Crippen LogP contribution >= 0.6 is 0 Å². The summed E-state index contributed by atoms with van der Waals surface area (Å²) in [7, 11) is 1.72. The van der Waals surface area contributed by atoms with E-state index in [0.717, 1.165) is 32.7 Å². The highest BCUT2D eigenvalue weighted by molar-refractivity contribution is 5.22. The SMILES string of the molecule is CCCNCc1cccc(COCCCOC)c1. The zero-order chi connectivity index (χ0) is 13.1. The van der Waals surface area contributed by atoms with Gasteiger partial charge < -0.3 is 14.8 Å². The van der Waals surface area contributed by atoms with E-state index < -0.39 is 0 Å². The minimum Gasteiger partial charge on any atom is -0.385 e. The molecule has 0 unspecified atom stereocenters. The van der Waals surface area contributed by atoms with Gasteiger partial charge in [-0.25, -0.2) is 0 Å². The van der Waals surface area contributed by atoms with E-state index in [-0.39, 0.29) is 0 Å². The molecule has 18 heavy (non-hydrogen) atoms. The van der Waals surface area contributed by atoms with Crippen LogP contribution in [0.25, 0.3) is 0 Å². The third kappa shape index (κ3) is 6.74. The molecule has 0 heterocycles. The van der Waals surface area contributed by atoms with Gasteiger partial charge >= 0.3 is 0 Å². The molecule has 102 valence electrons. The van der Waals surface area contributed by atoms with Crippen LogP contribution in [0.15, 0.2) is 24.3 Å². The Morgan fingerprint density at radius 2 is 2.00 bits per heavy atom. The monoisotopic (exact) mass is 251 g/mol. The molecule has 0 amide bonds. The zero-order valence-corrected chi connectivity index (χ0v) is 11.6. The van der Waals surface area contributed by atoms with Crippen LogP contribution < -0.4 is 5.32 Å². The second-order valence-electron chi connectivity index (χ2n) is 4.40. The number of rotatable bonds is 10. The molecule has 1 aromatic carbocycles. The van der Waals surface area contributed by atoms with Gasteiger partial charge in [0.15, 0.2) is 0 Å². The number of benzene rings is 1. The summed E-state index contributed by atoms with van der Waals surface area (Å²) in [5, 5.41) is 3.41. The first-order chi connectivity index (χ1) is 8.86. The molecular weight excluding hydrogens is 226 g/mol. The van der Waals surface area contributed by atoms with E-state index in [1.54, 1.807) is 7.11 Å². The van der Waals surface area contributed by atoms with Crippen LogP contribution in [0.5, 0.6) is 0 Å². The third-order valence-electron chi connectivity index (χ3n) is 2.65. The first-order valence-electron chi connectivity index (χ1n) is 6.72. The van der Waals surface area contributed by atoms with Gasteiger partial charge in [-0.05, 0) is 30.5 Å². The van der Waals surface area contributed by atoms with Crippen molar-refractivity contribution in [3.05, 3.63) is 35.4 Å². The van der Waals surface area contributed by atoms with Crippen molar-refractivity contribution < 1.29 is 9.47 Å². The van der Waals surface area contributed by atoms with E-state index in [0.29, 0.717) is 6.61 Å². The molecule has 0 fully saturated rings. The van der Waals surface area contributed by atoms with E-state index in [2.05, 4.69) is 36.5 Å². The molecule has 1 N–H and O–H groups in total. The highest BCUT2D eigenvalue weighted by Crippen LogP contribution is 2.07. The fraction of sp³-hybridized carbons (Fsp3) is 0.600. The predicted octanol–water partition coefficient (Wildman–Crippen LogP) is 2.74. The quantitative estimate of drug-likeness (QED) is 0.649. The van der Waals surface area contributed by atoms with Crippen molar-refractivity contribution in [2.24, 2.45) is 0 Å². The number of hydrogen-bond acceptors (Lipinski definition) is 3. The van der Waals surface area contributed by atoms with Gasteiger partial charge in [-0.15, -0.1) is 0 Å². The molecule has 0 saturated heterocycles. The molecule has 1 aromatic rings. The molecule has 0 aromatic heterocycles. The largest absolute Gasteiger partial charge is 0.385 e. The molecule has 0 aliphatic heterocycles. The first-order valence-corrected chi connectivity index (χ1v) is 6.72. The fourth-order valence-electron chi connectivity index (χ4n) is 1.73. The Morgan fingerprint density at radius 1 is 1.17 bits per heavy atom. The number of hydrogen-bond donors (Lipinski definition) is 1. The average molecular weight is 251 g/mol. The highest BCUT2D eigenvalue weighted by Gasteiger charge is 1.97. The zero-order valence-electron chi connectivity index (χ0n) is 11.6. The maximum Gasteiger partial charge on any atom is 0.0716 e. The maximum absolute atomic E-state index is 5.60. The van der Waals surface area contributed by atoms with E-state index >= 15 is 0 Å². The summed E-state index contributed by atoms with van der Waals surface area (Å²) in [5.74, 6) is 0. The molecular formula is C15H25NO2. The van der Waals surface area contributed by atoms with Crippen LogP contribution in [0.3, 0.4) is 0 Å². The second-order valence-corrected chi connectivity index (χ2v) is 4.40. The molecule has 0 saturated carbocycles. The summed E-state index contributed by atoms with van der Waals surface area (Å²) in [6.45, 7) is 6.39. The van der Waals surface area contributed by atoms with Crippen LogP contribution in [-0.4, -0.2) is 26.9 Å². The van der Waals surface area contributed by atoms with Crippen LogP contribution in [-0.2, 0) is 22.6 Å². The van der Waals surface area contributed by atoms with Crippen molar-refractivity contribution in [2.45, 2.75) is 32.9 Å². The van der Waals surface area contributed by atoms with Crippen molar-refractivity contribution in [3.8, 4) is 0 Å². The Hall–Kier alpha value is -0.900. The lowest BCUT2D eigenvalue weighted by Gasteiger charge is -2.07. The van der Waals surface area contributed by atoms with E-state index in [1.165, 1.54) is 17.5 Å². The molecule has 0 radical (unpaired) electrons. The van der Waals surface area contributed by atoms with Crippen molar-refractivity contribution in [1.29, 1.82) is 0 Å². The summed E-state index contributed by atoms with van der Waals surface area (Å²) in [4.78, 5) is 0. The summed E-state index contributed by atoms with van der Waals surface area (Å²) in [6.07, 6.45) is 2.12.